The van der Waals surface area contributed by atoms with Crippen LogP contribution in [0.1, 0.15) is 10.5 Å². The number of aromatic nitrogens is 6. The lowest BCUT2D eigenvalue weighted by Gasteiger charge is -2.02. The number of benzene rings is 1. The molecule has 3 rings (SSSR count). The number of nitrogens with two attached hydrogens (primary N) is 1. The van der Waals surface area contributed by atoms with Gasteiger partial charge in [-0.1, -0.05) is 11.2 Å². The van der Waals surface area contributed by atoms with Gasteiger partial charge in [0.25, 0.3) is 11.9 Å². The van der Waals surface area contributed by atoms with Crippen LogP contribution in [-0.4, -0.2) is 35.9 Å². The lowest BCUT2D eigenvalue weighted by atomic mass is 10.3. The minimum Gasteiger partial charge on any atom is -0.399 e. The number of carbonyl (C=O) groups excluding carboxylic acids is 1. The molecule has 9 heteroatoms. The Bertz CT molecular complexity index is 790. The molecule has 0 aliphatic carbocycles. The van der Waals surface area contributed by atoms with Gasteiger partial charge in [-0.2, -0.15) is 9.90 Å². The maximum atomic E-state index is 12.0. The molecule has 0 aliphatic rings. The first-order valence-electron chi connectivity index (χ1n) is 6.09. The van der Waals surface area contributed by atoms with Crippen molar-refractivity contribution in [3.8, 4) is 5.69 Å². The highest BCUT2D eigenvalue weighted by atomic mass is 16.2. The van der Waals surface area contributed by atoms with Crippen molar-refractivity contribution in [3.63, 3.8) is 0 Å². The topological polar surface area (TPSA) is 117 Å². The molecule has 9 nitrogen and oxygen atoms in total. The van der Waals surface area contributed by atoms with Crippen molar-refractivity contribution >= 4 is 17.5 Å². The monoisotopic (exact) mass is 284 g/mol. The van der Waals surface area contributed by atoms with Gasteiger partial charge in [0.2, 0.25) is 0 Å². The fraction of sp³-hybridized carbons (Fsp3) is 0.0833. The Kier molecular flexibility index (Phi) is 3.07. The smallest absolute Gasteiger partial charge is 0.278 e. The minimum absolute atomic E-state index is 0.126. The van der Waals surface area contributed by atoms with Gasteiger partial charge in [0.1, 0.15) is 0 Å². The summed E-state index contributed by atoms with van der Waals surface area (Å²) in [7, 11) is 1.61. The second-order valence-corrected chi connectivity index (χ2v) is 4.30. The van der Waals surface area contributed by atoms with Crippen molar-refractivity contribution in [1.29, 1.82) is 0 Å². The third kappa shape index (κ3) is 2.71. The van der Waals surface area contributed by atoms with Crippen LogP contribution < -0.4 is 11.1 Å². The van der Waals surface area contributed by atoms with E-state index in [1.54, 1.807) is 36.1 Å². The zero-order valence-electron chi connectivity index (χ0n) is 11.1. The summed E-state index contributed by atoms with van der Waals surface area (Å²) in [6.07, 6.45) is 1.67. The number of aryl methyl sites for hydroxylation is 1. The summed E-state index contributed by atoms with van der Waals surface area (Å²) in [5.74, 6) is -0.286. The lowest BCUT2D eigenvalue weighted by Crippen LogP contribution is -2.14. The SMILES string of the molecule is Cn1nnc(NC(=O)c2ccn(-c3cccc(N)c3)n2)n1. The van der Waals surface area contributed by atoms with E-state index in [0.717, 1.165) is 5.69 Å². The van der Waals surface area contributed by atoms with Crippen molar-refractivity contribution in [2.24, 2.45) is 7.05 Å². The van der Waals surface area contributed by atoms with Crippen LogP contribution >= 0.6 is 0 Å². The van der Waals surface area contributed by atoms with E-state index < -0.39 is 5.91 Å². The number of nitrogens with zero attached hydrogens (tertiary/aromatic N) is 6. The molecule has 0 unspecified atom stereocenters. The number of hydrogen-bond acceptors (Lipinski definition) is 6. The number of carbonyl (C=O) groups is 1. The molecule has 0 fully saturated rings. The summed E-state index contributed by atoms with van der Waals surface area (Å²) < 4.78 is 1.56. The number of hydrogen-bond donors (Lipinski definition) is 2. The van der Waals surface area contributed by atoms with E-state index in [4.69, 9.17) is 5.73 Å². The fourth-order valence-corrected chi connectivity index (χ4v) is 1.76. The third-order valence-electron chi connectivity index (χ3n) is 2.69. The predicted molar refractivity (Wildman–Crippen MR) is 74.7 cm³/mol. The first-order valence-corrected chi connectivity index (χ1v) is 6.09. The van der Waals surface area contributed by atoms with Gasteiger partial charge in [-0.05, 0) is 29.5 Å². The number of nitrogens with one attached hydrogen (secondary N) is 1. The number of nitrogen functional groups attached to an aromatic ring is 1. The lowest BCUT2D eigenvalue weighted by molar-refractivity contribution is 0.102. The predicted octanol–water partition coefficient (Wildman–Crippen LogP) is 0.230. The van der Waals surface area contributed by atoms with Crippen molar-refractivity contribution < 1.29 is 4.79 Å². The van der Waals surface area contributed by atoms with Crippen LogP contribution in [0.5, 0.6) is 0 Å². The van der Waals surface area contributed by atoms with Gasteiger partial charge in [0.05, 0.1) is 12.7 Å². The van der Waals surface area contributed by atoms with E-state index >= 15 is 0 Å². The number of anilines is 2. The summed E-state index contributed by atoms with van der Waals surface area (Å²) in [6.45, 7) is 0. The first-order chi connectivity index (χ1) is 10.1. The highest BCUT2D eigenvalue weighted by Gasteiger charge is 2.13. The molecule has 3 N–H and O–H groups in total. The van der Waals surface area contributed by atoms with E-state index in [1.807, 2.05) is 12.1 Å². The molecule has 1 aromatic carbocycles. The van der Waals surface area contributed by atoms with Crippen molar-refractivity contribution in [3.05, 3.63) is 42.2 Å². The summed E-state index contributed by atoms with van der Waals surface area (Å²) in [5, 5.41) is 17.9. The standard InChI is InChI=1S/C12H12N8O/c1-19-17-12(15-18-19)14-11(21)10-5-6-20(16-10)9-4-2-3-8(13)7-9/h2-7H,13H2,1H3,(H,14,17,21). The average molecular weight is 284 g/mol. The molecule has 2 heterocycles. The summed E-state index contributed by atoms with van der Waals surface area (Å²) in [6, 6.07) is 8.79. The molecular formula is C12H12N8O. The van der Waals surface area contributed by atoms with Crippen molar-refractivity contribution in [2.45, 2.75) is 0 Å². The molecule has 21 heavy (non-hydrogen) atoms. The third-order valence-corrected chi connectivity index (χ3v) is 2.69. The molecule has 1 amide bonds. The molecule has 0 bridgehead atoms. The van der Waals surface area contributed by atoms with Gasteiger partial charge in [-0.25, -0.2) is 4.68 Å². The number of tetrazole rings is 1. The van der Waals surface area contributed by atoms with Crippen LogP contribution in [0.2, 0.25) is 0 Å². The molecule has 3 aromatic rings. The van der Waals surface area contributed by atoms with Gasteiger partial charge in [-0.3, -0.25) is 10.1 Å². The number of amides is 1. The normalized spacial score (nSPS) is 10.5. The number of rotatable bonds is 3. The van der Waals surface area contributed by atoms with Crippen LogP contribution in [0.15, 0.2) is 36.5 Å². The molecular weight excluding hydrogens is 272 g/mol. The quantitative estimate of drug-likeness (QED) is 0.665. The highest BCUT2D eigenvalue weighted by molar-refractivity contribution is 6.01. The molecule has 0 spiro atoms. The maximum absolute atomic E-state index is 12.0. The average Bonchev–Trinajstić information content (AvgIpc) is 3.08. The highest BCUT2D eigenvalue weighted by Crippen LogP contribution is 2.12. The summed E-state index contributed by atoms with van der Waals surface area (Å²) in [4.78, 5) is 13.3. The maximum Gasteiger partial charge on any atom is 0.278 e. The molecule has 0 aliphatic heterocycles. The van der Waals surface area contributed by atoms with E-state index in [9.17, 15) is 4.79 Å². The largest absolute Gasteiger partial charge is 0.399 e. The second-order valence-electron chi connectivity index (χ2n) is 4.30. The molecule has 0 atom stereocenters. The second kappa shape index (κ2) is 5.04. The molecule has 0 saturated carbocycles. The van der Waals surface area contributed by atoms with Crippen molar-refractivity contribution in [1.82, 2.24) is 30.0 Å². The van der Waals surface area contributed by atoms with Crippen LogP contribution in [0.4, 0.5) is 11.6 Å². The van der Waals surface area contributed by atoms with Gasteiger partial charge in [0.15, 0.2) is 5.69 Å². The van der Waals surface area contributed by atoms with Gasteiger partial charge in [0, 0.05) is 11.9 Å². The van der Waals surface area contributed by atoms with Crippen LogP contribution in [-0.2, 0) is 7.05 Å². The van der Waals surface area contributed by atoms with Crippen LogP contribution in [0, 0.1) is 0 Å². The molecule has 0 saturated heterocycles. The first kappa shape index (κ1) is 12.8. The van der Waals surface area contributed by atoms with E-state index in [-0.39, 0.29) is 11.6 Å². The Labute approximate surface area is 119 Å². The van der Waals surface area contributed by atoms with Gasteiger partial charge < -0.3 is 5.73 Å². The van der Waals surface area contributed by atoms with Gasteiger partial charge in [-0.15, -0.1) is 5.10 Å². The molecule has 2 aromatic heterocycles. The van der Waals surface area contributed by atoms with Gasteiger partial charge >= 0.3 is 0 Å². The van der Waals surface area contributed by atoms with E-state index in [1.165, 1.54) is 4.80 Å². The summed E-state index contributed by atoms with van der Waals surface area (Å²) >= 11 is 0. The fourth-order valence-electron chi connectivity index (χ4n) is 1.76. The Morgan fingerprint density at radius 3 is 2.86 bits per heavy atom. The van der Waals surface area contributed by atoms with Crippen LogP contribution in [0.25, 0.3) is 5.69 Å². The Hall–Kier alpha value is -3.23. The van der Waals surface area contributed by atoms with Crippen LogP contribution in [0.3, 0.4) is 0 Å². The molecule has 0 radical (unpaired) electrons. The summed E-state index contributed by atoms with van der Waals surface area (Å²) in [5.41, 5.74) is 7.35. The van der Waals surface area contributed by atoms with E-state index in [0.29, 0.717) is 5.69 Å². The zero-order valence-corrected chi connectivity index (χ0v) is 11.1. The van der Waals surface area contributed by atoms with Crippen molar-refractivity contribution in [2.75, 3.05) is 11.1 Å². The molecule has 106 valence electrons. The minimum atomic E-state index is -0.411. The van der Waals surface area contributed by atoms with E-state index in [2.05, 4.69) is 25.8 Å². The Morgan fingerprint density at radius 2 is 2.14 bits per heavy atom. The Balaban J connectivity index is 1.80. The Morgan fingerprint density at radius 1 is 1.29 bits per heavy atom. The zero-order chi connectivity index (χ0) is 14.8.